The van der Waals surface area contributed by atoms with Crippen LogP contribution in [0.25, 0.3) is 0 Å². The Kier molecular flexibility index (Phi) is 3.36. The van der Waals surface area contributed by atoms with E-state index in [1.807, 2.05) is 0 Å². The van der Waals surface area contributed by atoms with Crippen molar-refractivity contribution in [2.24, 2.45) is 17.8 Å². The molecule has 2 N–H and O–H groups in total. The molecule has 0 radical (unpaired) electrons. The Morgan fingerprint density at radius 3 is 2.30 bits per heavy atom. The van der Waals surface area contributed by atoms with Crippen LogP contribution in [0.5, 0.6) is 0 Å². The van der Waals surface area contributed by atoms with E-state index in [4.69, 9.17) is 5.11 Å². The van der Waals surface area contributed by atoms with E-state index < -0.39 is 23.2 Å². The van der Waals surface area contributed by atoms with Crippen LogP contribution in [0.3, 0.4) is 0 Å². The molecule has 2 saturated carbocycles. The van der Waals surface area contributed by atoms with E-state index in [-0.39, 0.29) is 5.69 Å². The number of carboxylic acid groups (broad SMARTS) is 1. The number of carbonyl (C=O) groups is 1. The zero-order valence-corrected chi connectivity index (χ0v) is 11.0. The zero-order valence-electron chi connectivity index (χ0n) is 11.0. The quantitative estimate of drug-likeness (QED) is 0.839. The third-order valence-corrected chi connectivity index (χ3v) is 4.30. The van der Waals surface area contributed by atoms with Crippen molar-refractivity contribution in [3.8, 4) is 0 Å². The minimum absolute atomic E-state index is 0.0544. The number of anilines is 1. The first-order valence-corrected chi connectivity index (χ1v) is 7.03. The fraction of sp³-hybridized carbons (Fsp3) is 0.533. The summed E-state index contributed by atoms with van der Waals surface area (Å²) < 4.78 is 27.4. The monoisotopic (exact) mass is 281 g/mol. The van der Waals surface area contributed by atoms with E-state index in [9.17, 15) is 13.6 Å². The van der Waals surface area contributed by atoms with Crippen molar-refractivity contribution in [1.29, 1.82) is 0 Å². The number of carboxylic acids is 1. The van der Waals surface area contributed by atoms with Gasteiger partial charge in [-0.15, -0.1) is 0 Å². The lowest BCUT2D eigenvalue weighted by Gasteiger charge is -2.17. The number of halogens is 2. The van der Waals surface area contributed by atoms with Crippen LogP contribution in [0.1, 0.15) is 36.0 Å². The lowest BCUT2D eigenvalue weighted by atomic mass is 9.98. The van der Waals surface area contributed by atoms with Gasteiger partial charge < -0.3 is 10.4 Å². The van der Waals surface area contributed by atoms with Crippen LogP contribution in [-0.2, 0) is 0 Å². The Balaban J connectivity index is 1.70. The van der Waals surface area contributed by atoms with Crippen molar-refractivity contribution < 1.29 is 18.7 Å². The highest BCUT2D eigenvalue weighted by Crippen LogP contribution is 2.49. The van der Waals surface area contributed by atoms with Gasteiger partial charge in [0.2, 0.25) is 0 Å². The van der Waals surface area contributed by atoms with Crippen LogP contribution < -0.4 is 5.32 Å². The molecule has 20 heavy (non-hydrogen) atoms. The van der Waals surface area contributed by atoms with Crippen LogP contribution in [0.2, 0.25) is 0 Å². The standard InChI is InChI=1S/C15H17F2NO2/c16-13-10(15(19)20)5-6-12(14(13)17)18-7-11(8-1-2-8)9-3-4-9/h5-6,8-9,11,18H,1-4,7H2,(H,19,20). The first-order chi connectivity index (χ1) is 9.58. The smallest absolute Gasteiger partial charge is 0.338 e. The molecule has 2 aliphatic carbocycles. The van der Waals surface area contributed by atoms with Gasteiger partial charge in [-0.25, -0.2) is 13.6 Å². The van der Waals surface area contributed by atoms with Gasteiger partial charge in [-0.1, -0.05) is 0 Å². The van der Waals surface area contributed by atoms with Crippen molar-refractivity contribution in [3.63, 3.8) is 0 Å². The third kappa shape index (κ3) is 2.62. The third-order valence-electron chi connectivity index (χ3n) is 4.30. The molecule has 0 heterocycles. The van der Waals surface area contributed by atoms with Gasteiger partial charge in [0.25, 0.3) is 0 Å². The van der Waals surface area contributed by atoms with Gasteiger partial charge in [-0.05, 0) is 55.6 Å². The molecule has 3 nitrogen and oxygen atoms in total. The first kappa shape index (κ1) is 13.3. The average molecular weight is 281 g/mol. The topological polar surface area (TPSA) is 49.3 Å². The molecular weight excluding hydrogens is 264 g/mol. The van der Waals surface area contributed by atoms with Crippen molar-refractivity contribution >= 4 is 11.7 Å². The molecule has 3 rings (SSSR count). The van der Waals surface area contributed by atoms with E-state index in [1.54, 1.807) is 0 Å². The lowest BCUT2D eigenvalue weighted by molar-refractivity contribution is 0.0690. The minimum Gasteiger partial charge on any atom is -0.478 e. The second-order valence-corrected chi connectivity index (χ2v) is 5.81. The van der Waals surface area contributed by atoms with Crippen molar-refractivity contribution in [2.45, 2.75) is 25.7 Å². The van der Waals surface area contributed by atoms with E-state index in [0.29, 0.717) is 12.5 Å². The highest BCUT2D eigenvalue weighted by atomic mass is 19.2. The predicted molar refractivity (Wildman–Crippen MR) is 70.7 cm³/mol. The number of nitrogens with one attached hydrogen (secondary N) is 1. The summed E-state index contributed by atoms with van der Waals surface area (Å²) in [5.74, 6) is -1.87. The van der Waals surface area contributed by atoms with Gasteiger partial charge in [0, 0.05) is 6.54 Å². The summed E-state index contributed by atoms with van der Waals surface area (Å²) in [5.41, 5.74) is -0.576. The van der Waals surface area contributed by atoms with E-state index in [2.05, 4.69) is 5.32 Å². The van der Waals surface area contributed by atoms with E-state index >= 15 is 0 Å². The normalized spacial score (nSPS) is 18.4. The summed E-state index contributed by atoms with van der Waals surface area (Å²) >= 11 is 0. The minimum atomic E-state index is -1.46. The lowest BCUT2D eigenvalue weighted by Crippen LogP contribution is -2.19. The van der Waals surface area contributed by atoms with E-state index in [1.165, 1.54) is 31.7 Å². The van der Waals surface area contributed by atoms with Crippen LogP contribution in [0, 0.1) is 29.4 Å². The van der Waals surface area contributed by atoms with Gasteiger partial charge in [-0.3, -0.25) is 0 Å². The summed E-state index contributed by atoms with van der Waals surface area (Å²) in [5, 5.41) is 11.7. The average Bonchev–Trinajstić information content (AvgIpc) is 3.26. The summed E-state index contributed by atoms with van der Waals surface area (Å²) in [7, 11) is 0. The maximum Gasteiger partial charge on any atom is 0.338 e. The van der Waals surface area contributed by atoms with Gasteiger partial charge in [0.15, 0.2) is 11.6 Å². The van der Waals surface area contributed by atoms with Crippen molar-refractivity contribution in [3.05, 3.63) is 29.3 Å². The fourth-order valence-electron chi connectivity index (χ4n) is 2.85. The maximum atomic E-state index is 13.8. The Bertz CT molecular complexity index is 527. The molecule has 5 heteroatoms. The summed E-state index contributed by atoms with van der Waals surface area (Å²) in [6, 6.07) is 2.41. The molecule has 0 amide bonds. The molecule has 0 aliphatic heterocycles. The number of hydrogen-bond donors (Lipinski definition) is 2. The van der Waals surface area contributed by atoms with Crippen LogP contribution in [0.15, 0.2) is 12.1 Å². The van der Waals surface area contributed by atoms with Gasteiger partial charge in [-0.2, -0.15) is 0 Å². The van der Waals surface area contributed by atoms with Crippen LogP contribution in [0.4, 0.5) is 14.5 Å². The summed E-state index contributed by atoms with van der Waals surface area (Å²) in [4.78, 5) is 10.7. The highest BCUT2D eigenvalue weighted by molar-refractivity contribution is 5.88. The molecule has 0 bridgehead atoms. The molecule has 0 aromatic heterocycles. The molecule has 1 aromatic rings. The second-order valence-electron chi connectivity index (χ2n) is 5.81. The van der Waals surface area contributed by atoms with Crippen molar-refractivity contribution in [2.75, 3.05) is 11.9 Å². The number of benzene rings is 1. The Hall–Kier alpha value is -1.65. The molecule has 0 spiro atoms. The maximum absolute atomic E-state index is 13.8. The second kappa shape index (κ2) is 5.04. The Morgan fingerprint density at radius 1 is 1.20 bits per heavy atom. The molecule has 1 aromatic carbocycles. The molecule has 2 aliphatic rings. The van der Waals surface area contributed by atoms with Crippen LogP contribution in [-0.4, -0.2) is 17.6 Å². The Labute approximate surface area is 116 Å². The number of aromatic carboxylic acids is 1. The largest absolute Gasteiger partial charge is 0.478 e. The van der Waals surface area contributed by atoms with E-state index in [0.717, 1.165) is 17.9 Å². The SMILES string of the molecule is O=C(O)c1ccc(NCC(C2CC2)C2CC2)c(F)c1F. The highest BCUT2D eigenvalue weighted by Gasteiger charge is 2.41. The first-order valence-electron chi connectivity index (χ1n) is 7.03. The number of rotatable bonds is 6. The molecule has 2 fully saturated rings. The predicted octanol–water partition coefficient (Wildman–Crippen LogP) is 3.51. The molecular formula is C15H17F2NO2. The van der Waals surface area contributed by atoms with Gasteiger partial charge in [0.1, 0.15) is 0 Å². The van der Waals surface area contributed by atoms with Gasteiger partial charge >= 0.3 is 5.97 Å². The molecule has 0 saturated heterocycles. The molecule has 0 atom stereocenters. The molecule has 108 valence electrons. The summed E-state index contributed by atoms with van der Waals surface area (Å²) in [6.45, 7) is 0.637. The van der Waals surface area contributed by atoms with Crippen molar-refractivity contribution in [1.82, 2.24) is 0 Å². The fourth-order valence-corrected chi connectivity index (χ4v) is 2.85. The molecule has 0 unspecified atom stereocenters. The zero-order chi connectivity index (χ0) is 14.3. The van der Waals surface area contributed by atoms with Gasteiger partial charge in [0.05, 0.1) is 11.3 Å². The number of hydrogen-bond acceptors (Lipinski definition) is 2. The summed E-state index contributed by atoms with van der Waals surface area (Å²) in [6.07, 6.45) is 4.94. The van der Waals surface area contributed by atoms with Crippen LogP contribution >= 0.6 is 0 Å². The Morgan fingerprint density at radius 2 is 1.80 bits per heavy atom.